The number of fused-ring (bicyclic) bond motifs is 4. The van der Waals surface area contributed by atoms with E-state index in [9.17, 15) is 9.59 Å². The average molecular weight is 418 g/mol. The average Bonchev–Trinajstić information content (AvgIpc) is 3.41. The molecule has 2 amide bonds. The lowest BCUT2D eigenvalue weighted by atomic mass is 9.90. The number of hydrogen-bond acceptors (Lipinski definition) is 4. The third-order valence-electron chi connectivity index (χ3n) is 6.62. The summed E-state index contributed by atoms with van der Waals surface area (Å²) in [5.41, 5.74) is 1.71. The van der Waals surface area contributed by atoms with Gasteiger partial charge in [-0.3, -0.25) is 9.59 Å². The minimum atomic E-state index is -0.445. The van der Waals surface area contributed by atoms with Crippen molar-refractivity contribution in [2.45, 2.75) is 18.5 Å². The van der Waals surface area contributed by atoms with Crippen molar-refractivity contribution in [1.29, 1.82) is 0 Å². The fourth-order valence-corrected chi connectivity index (χ4v) is 5.54. The topological polar surface area (TPSA) is 43.9 Å². The van der Waals surface area contributed by atoms with Crippen molar-refractivity contribution < 1.29 is 9.59 Å². The van der Waals surface area contributed by atoms with Crippen LogP contribution in [0.25, 0.3) is 10.8 Å². The summed E-state index contributed by atoms with van der Waals surface area (Å²) in [6.45, 7) is 1.66. The molecule has 6 rings (SSSR count). The highest BCUT2D eigenvalue weighted by molar-refractivity contribution is 6.30. The van der Waals surface area contributed by atoms with E-state index in [1.807, 2.05) is 66.7 Å². The summed E-state index contributed by atoms with van der Waals surface area (Å²) in [4.78, 5) is 28.8. The number of benzene rings is 3. The number of amides is 2. The molecule has 0 saturated carbocycles. The van der Waals surface area contributed by atoms with Crippen LogP contribution in [0.4, 0.5) is 5.69 Å². The number of carbonyl (C=O) groups is 2. The number of hydrazine groups is 1. The first-order valence-corrected chi connectivity index (χ1v) is 10.7. The maximum absolute atomic E-state index is 13.7. The van der Waals surface area contributed by atoms with E-state index in [0.29, 0.717) is 10.7 Å². The number of nitrogens with zero attached hydrogens (tertiary/aromatic N) is 3. The van der Waals surface area contributed by atoms with Crippen LogP contribution in [0.5, 0.6) is 0 Å². The normalized spacial score (nSPS) is 26.6. The van der Waals surface area contributed by atoms with Gasteiger partial charge in [-0.2, -0.15) is 0 Å². The van der Waals surface area contributed by atoms with Gasteiger partial charge in [0.1, 0.15) is 6.04 Å². The molecule has 150 valence electrons. The smallest absolute Gasteiger partial charge is 0.253 e. The molecule has 0 bridgehead atoms. The first kappa shape index (κ1) is 18.1. The molecule has 0 N–H and O–H groups in total. The summed E-state index contributed by atoms with van der Waals surface area (Å²) in [7, 11) is 0. The number of anilines is 1. The van der Waals surface area contributed by atoms with Crippen LogP contribution in [-0.4, -0.2) is 41.0 Å². The van der Waals surface area contributed by atoms with Crippen LogP contribution in [0.2, 0.25) is 5.02 Å². The van der Waals surface area contributed by atoms with Crippen molar-refractivity contribution in [3.63, 3.8) is 0 Å². The molecule has 3 atom stereocenters. The van der Waals surface area contributed by atoms with E-state index in [1.54, 1.807) is 0 Å². The van der Waals surface area contributed by atoms with Crippen molar-refractivity contribution in [3.8, 4) is 0 Å². The Balaban J connectivity index is 1.48. The fourth-order valence-electron chi connectivity index (χ4n) is 5.41. The molecule has 3 unspecified atom stereocenters. The molecule has 0 radical (unpaired) electrons. The van der Waals surface area contributed by atoms with Crippen LogP contribution in [0.1, 0.15) is 18.0 Å². The zero-order valence-corrected chi connectivity index (χ0v) is 17.0. The lowest BCUT2D eigenvalue weighted by Crippen LogP contribution is -2.44. The Morgan fingerprint density at radius 1 is 0.767 bits per heavy atom. The molecule has 3 saturated heterocycles. The maximum atomic E-state index is 13.7. The van der Waals surface area contributed by atoms with Gasteiger partial charge >= 0.3 is 0 Å². The van der Waals surface area contributed by atoms with Gasteiger partial charge in [0.2, 0.25) is 5.91 Å². The Hall–Kier alpha value is -2.73. The molecule has 3 aromatic carbocycles. The quantitative estimate of drug-likeness (QED) is 0.590. The second-order valence-corrected chi connectivity index (χ2v) is 8.59. The maximum Gasteiger partial charge on any atom is 0.253 e. The third kappa shape index (κ3) is 2.43. The van der Waals surface area contributed by atoms with Gasteiger partial charge < -0.3 is 0 Å². The lowest BCUT2D eigenvalue weighted by molar-refractivity contribution is -0.126. The summed E-state index contributed by atoms with van der Waals surface area (Å²) < 4.78 is 0. The zero-order chi connectivity index (χ0) is 20.4. The molecule has 3 aliphatic heterocycles. The number of carbonyl (C=O) groups excluding carboxylic acids is 2. The first-order valence-electron chi connectivity index (χ1n) is 10.3. The van der Waals surface area contributed by atoms with Crippen LogP contribution >= 0.6 is 11.6 Å². The van der Waals surface area contributed by atoms with Gasteiger partial charge in [-0.15, -0.1) is 0 Å². The number of rotatable bonds is 2. The van der Waals surface area contributed by atoms with Gasteiger partial charge in [-0.05, 0) is 35.6 Å². The molecule has 5 nitrogen and oxygen atoms in total. The van der Waals surface area contributed by atoms with Crippen LogP contribution in [0.15, 0.2) is 66.7 Å². The van der Waals surface area contributed by atoms with Crippen LogP contribution in [0.3, 0.4) is 0 Å². The molecule has 0 aliphatic carbocycles. The second kappa shape index (κ2) is 6.64. The minimum absolute atomic E-state index is 0.115. The number of halogens is 1. The Kier molecular flexibility index (Phi) is 4.00. The highest BCUT2D eigenvalue weighted by Gasteiger charge is 2.62. The second-order valence-electron chi connectivity index (χ2n) is 8.16. The number of imide groups is 1. The molecule has 3 heterocycles. The van der Waals surface area contributed by atoms with E-state index in [-0.39, 0.29) is 17.9 Å². The minimum Gasteiger partial charge on any atom is -0.274 e. The molecular formula is C24H20ClN3O2. The van der Waals surface area contributed by atoms with Gasteiger partial charge in [0.05, 0.1) is 17.6 Å². The third-order valence-corrected chi connectivity index (χ3v) is 6.88. The van der Waals surface area contributed by atoms with E-state index < -0.39 is 12.0 Å². The van der Waals surface area contributed by atoms with E-state index in [2.05, 4.69) is 10.0 Å². The van der Waals surface area contributed by atoms with Gasteiger partial charge in [-0.1, -0.05) is 60.1 Å². The van der Waals surface area contributed by atoms with E-state index in [4.69, 9.17) is 11.6 Å². The van der Waals surface area contributed by atoms with Gasteiger partial charge in [-0.25, -0.2) is 14.9 Å². The molecular weight excluding hydrogens is 398 g/mol. The molecule has 0 aromatic heterocycles. The van der Waals surface area contributed by atoms with Gasteiger partial charge in [0.15, 0.2) is 0 Å². The summed E-state index contributed by atoms with van der Waals surface area (Å²) >= 11 is 6.10. The zero-order valence-electron chi connectivity index (χ0n) is 16.2. The summed E-state index contributed by atoms with van der Waals surface area (Å²) in [6, 6.07) is 20.7. The van der Waals surface area contributed by atoms with Crippen molar-refractivity contribution in [2.24, 2.45) is 5.92 Å². The Labute approximate surface area is 179 Å². The van der Waals surface area contributed by atoms with Crippen molar-refractivity contribution in [2.75, 3.05) is 18.0 Å². The van der Waals surface area contributed by atoms with Crippen LogP contribution in [0, 0.1) is 5.92 Å². The fraction of sp³-hybridized carbons (Fsp3) is 0.250. The Morgan fingerprint density at radius 3 is 2.27 bits per heavy atom. The summed E-state index contributed by atoms with van der Waals surface area (Å²) in [6.07, 6.45) is 0.989. The van der Waals surface area contributed by atoms with Crippen molar-refractivity contribution in [3.05, 3.63) is 77.3 Å². The van der Waals surface area contributed by atoms with Crippen LogP contribution < -0.4 is 4.90 Å². The SMILES string of the molecule is O=C1C2C(C(=O)N1c1cccc3ccccc13)N1CCCN1C2c1ccc(Cl)cc1. The van der Waals surface area contributed by atoms with Crippen LogP contribution in [-0.2, 0) is 9.59 Å². The summed E-state index contributed by atoms with van der Waals surface area (Å²) in [5.74, 6) is -0.654. The molecule has 0 spiro atoms. The van der Waals surface area contributed by atoms with E-state index >= 15 is 0 Å². The first-order chi connectivity index (χ1) is 14.6. The van der Waals surface area contributed by atoms with Crippen molar-refractivity contribution in [1.82, 2.24) is 10.0 Å². The molecule has 6 heteroatoms. The predicted octanol–water partition coefficient (Wildman–Crippen LogP) is 4.03. The number of hydrogen-bond donors (Lipinski definition) is 0. The predicted molar refractivity (Wildman–Crippen MR) is 116 cm³/mol. The molecule has 3 fully saturated rings. The van der Waals surface area contributed by atoms with E-state index in [0.717, 1.165) is 35.8 Å². The summed E-state index contributed by atoms with van der Waals surface area (Å²) in [5, 5.41) is 6.94. The Morgan fingerprint density at radius 2 is 1.47 bits per heavy atom. The molecule has 3 aliphatic rings. The van der Waals surface area contributed by atoms with E-state index in [1.165, 1.54) is 4.90 Å². The van der Waals surface area contributed by atoms with Gasteiger partial charge in [0, 0.05) is 23.5 Å². The molecule has 3 aromatic rings. The largest absolute Gasteiger partial charge is 0.274 e. The van der Waals surface area contributed by atoms with Gasteiger partial charge in [0.25, 0.3) is 5.91 Å². The standard InChI is InChI=1S/C24H20ClN3O2/c25-17-11-9-16(10-12-17)21-20-22(27-14-4-13-26(21)27)24(30)28(23(20)29)19-8-3-6-15-5-1-2-7-18(15)19/h1-3,5-12,20-22H,4,13-14H2. The monoisotopic (exact) mass is 417 g/mol. The van der Waals surface area contributed by atoms with Crippen molar-refractivity contribution >= 4 is 39.9 Å². The highest BCUT2D eigenvalue weighted by atomic mass is 35.5. The lowest BCUT2D eigenvalue weighted by Gasteiger charge is -2.30. The Bertz CT molecular complexity index is 1170. The highest BCUT2D eigenvalue weighted by Crippen LogP contribution is 2.49. The molecule has 30 heavy (non-hydrogen) atoms.